The minimum absolute atomic E-state index is 0.00505. The minimum atomic E-state index is -0.0276. The first kappa shape index (κ1) is 41.2. The minimum Gasteiger partial charge on any atom is -0.309 e. The summed E-state index contributed by atoms with van der Waals surface area (Å²) in [6.45, 7) is 28.5. The van der Waals surface area contributed by atoms with Crippen LogP contribution in [-0.4, -0.2) is 0 Å². The topological polar surface area (TPSA) is 6.48 Å². The highest BCUT2D eigenvalue weighted by atomic mass is 15.2. The van der Waals surface area contributed by atoms with Crippen molar-refractivity contribution in [1.82, 2.24) is 0 Å². The van der Waals surface area contributed by atoms with Crippen LogP contribution in [0.1, 0.15) is 138 Å². The molecule has 2 aliphatic heterocycles. The van der Waals surface area contributed by atoms with Crippen LogP contribution in [0.2, 0.25) is 0 Å². The Morgan fingerprint density at radius 1 is 0.444 bits per heavy atom. The third kappa shape index (κ3) is 6.75. The maximum absolute atomic E-state index is 2.67. The van der Waals surface area contributed by atoms with E-state index in [4.69, 9.17) is 0 Å². The molecule has 0 amide bonds. The first-order chi connectivity index (χ1) is 29.8. The molecule has 10 rings (SSSR count). The summed E-state index contributed by atoms with van der Waals surface area (Å²) in [7, 11) is 0. The van der Waals surface area contributed by atoms with E-state index in [2.05, 4.69) is 232 Å². The lowest BCUT2D eigenvalue weighted by atomic mass is 9.61. The predicted octanol–water partition coefficient (Wildman–Crippen LogP) is 17.3. The summed E-state index contributed by atoms with van der Waals surface area (Å²) in [5, 5.41) is 0. The van der Waals surface area contributed by atoms with Crippen molar-refractivity contribution in [2.24, 2.45) is 0 Å². The summed E-state index contributed by atoms with van der Waals surface area (Å²) in [6.07, 6.45) is 2.34. The molecule has 2 heteroatoms. The second kappa shape index (κ2) is 14.3. The highest BCUT2D eigenvalue weighted by Crippen LogP contribution is 2.63. The molecule has 0 saturated heterocycles. The molecular formula is C61H64N2. The van der Waals surface area contributed by atoms with E-state index < -0.39 is 0 Å². The fraction of sp³-hybridized carbons (Fsp3) is 0.311. The summed E-state index contributed by atoms with van der Waals surface area (Å²) < 4.78 is 0. The van der Waals surface area contributed by atoms with Crippen LogP contribution < -0.4 is 9.80 Å². The lowest BCUT2D eigenvalue weighted by Crippen LogP contribution is -2.36. The van der Waals surface area contributed by atoms with Gasteiger partial charge in [0.2, 0.25) is 0 Å². The van der Waals surface area contributed by atoms with Gasteiger partial charge in [-0.25, -0.2) is 0 Å². The van der Waals surface area contributed by atoms with E-state index in [1.54, 1.807) is 0 Å². The number of rotatable bonds is 4. The molecule has 7 aromatic rings. The maximum Gasteiger partial charge on any atom is 0.0540 e. The van der Waals surface area contributed by atoms with Gasteiger partial charge < -0.3 is 9.80 Å². The number of nitrogens with zero attached hydrogens (tertiary/aromatic N) is 2. The molecule has 0 bridgehead atoms. The van der Waals surface area contributed by atoms with Crippen molar-refractivity contribution in [3.05, 3.63) is 190 Å². The van der Waals surface area contributed by atoms with Gasteiger partial charge in [-0.1, -0.05) is 166 Å². The van der Waals surface area contributed by atoms with Gasteiger partial charge in [0, 0.05) is 22.7 Å². The third-order valence-corrected chi connectivity index (χ3v) is 14.8. The van der Waals surface area contributed by atoms with Crippen molar-refractivity contribution in [3.8, 4) is 22.3 Å². The van der Waals surface area contributed by atoms with Gasteiger partial charge in [-0.15, -0.1) is 0 Å². The van der Waals surface area contributed by atoms with Crippen LogP contribution in [0.4, 0.5) is 34.1 Å². The number of anilines is 6. The average Bonchev–Trinajstić information content (AvgIpc) is 3.25. The molecule has 2 nitrogen and oxygen atoms in total. The third-order valence-electron chi connectivity index (χ3n) is 14.8. The average molecular weight is 825 g/mol. The fourth-order valence-electron chi connectivity index (χ4n) is 10.9. The van der Waals surface area contributed by atoms with E-state index in [1.165, 1.54) is 119 Å². The molecule has 0 saturated carbocycles. The zero-order valence-electron chi connectivity index (χ0n) is 39.7. The van der Waals surface area contributed by atoms with Gasteiger partial charge in [-0.05, 0) is 152 Å². The van der Waals surface area contributed by atoms with Gasteiger partial charge in [-0.3, -0.25) is 0 Å². The molecule has 0 aromatic heterocycles. The highest BCUT2D eigenvalue weighted by Gasteiger charge is 2.45. The number of benzene rings is 7. The molecule has 1 aliphatic carbocycles. The second-order valence-corrected chi connectivity index (χ2v) is 22.3. The van der Waals surface area contributed by atoms with Crippen molar-refractivity contribution < 1.29 is 0 Å². The summed E-state index contributed by atoms with van der Waals surface area (Å²) in [5.74, 6) is 0.0353. The zero-order chi connectivity index (χ0) is 44.4. The smallest absolute Gasteiger partial charge is 0.0540 e. The lowest BCUT2D eigenvalue weighted by Gasteiger charge is -2.48. The Hall–Kier alpha value is -5.86. The largest absolute Gasteiger partial charge is 0.309 e. The molecule has 0 spiro atoms. The zero-order valence-corrected chi connectivity index (χ0v) is 39.7. The summed E-state index contributed by atoms with van der Waals surface area (Å²) in [6, 6.07) is 53.9. The van der Waals surface area contributed by atoms with Crippen LogP contribution in [0.25, 0.3) is 22.3 Å². The Labute approximate surface area is 377 Å². The van der Waals surface area contributed by atoms with Crippen molar-refractivity contribution in [2.45, 2.75) is 124 Å². The number of hydrogen-bond acceptors (Lipinski definition) is 2. The van der Waals surface area contributed by atoms with E-state index in [9.17, 15) is 0 Å². The van der Waals surface area contributed by atoms with Crippen LogP contribution in [0.15, 0.2) is 140 Å². The Morgan fingerprint density at radius 3 is 1.57 bits per heavy atom. The molecule has 0 N–H and O–H groups in total. The van der Waals surface area contributed by atoms with Crippen molar-refractivity contribution in [2.75, 3.05) is 9.80 Å². The lowest BCUT2D eigenvalue weighted by molar-refractivity contribution is 0.331. The van der Waals surface area contributed by atoms with Gasteiger partial charge in [0.25, 0.3) is 0 Å². The normalized spacial score (nSPS) is 17.1. The summed E-state index contributed by atoms with van der Waals surface area (Å²) >= 11 is 0. The van der Waals surface area contributed by atoms with Crippen LogP contribution in [0, 0.1) is 13.8 Å². The monoisotopic (exact) mass is 825 g/mol. The Bertz CT molecular complexity index is 2930. The van der Waals surface area contributed by atoms with Gasteiger partial charge in [0.15, 0.2) is 0 Å². The first-order valence-electron chi connectivity index (χ1n) is 23.3. The van der Waals surface area contributed by atoms with Crippen LogP contribution in [0.5, 0.6) is 0 Å². The predicted molar refractivity (Wildman–Crippen MR) is 270 cm³/mol. The Morgan fingerprint density at radius 2 is 0.968 bits per heavy atom. The molecule has 3 aliphatic rings. The van der Waals surface area contributed by atoms with E-state index in [-0.39, 0.29) is 27.6 Å². The molecule has 63 heavy (non-hydrogen) atoms. The Balaban J connectivity index is 1.34. The molecule has 7 aromatic carbocycles. The van der Waals surface area contributed by atoms with E-state index >= 15 is 0 Å². The number of fused-ring (bicyclic) bond motifs is 5. The standard InChI is InChI=1S/C61H64N2/c1-38-31-54-57-55(32-38)63(52-33-42(24-23-39(52)2)40-19-15-13-16-20-40)53-37-49-48(60(9,10)29-30-61(49,11)12)36-47(53)56(57)46-35-44(59(6,7)8)26-28-51(46)62(54)50-27-25-43(58(3,4)5)34-45(50)41-21-17-14-18-22-41/h13-28,31-37,56H,29-30H2,1-12H3. The highest BCUT2D eigenvalue weighted by molar-refractivity contribution is 6.00. The van der Waals surface area contributed by atoms with E-state index in [0.29, 0.717) is 0 Å². The molecule has 1 atom stereocenters. The molecule has 318 valence electrons. The van der Waals surface area contributed by atoms with Crippen molar-refractivity contribution >= 4 is 34.1 Å². The van der Waals surface area contributed by atoms with Gasteiger partial charge >= 0.3 is 0 Å². The van der Waals surface area contributed by atoms with E-state index in [1.807, 2.05) is 0 Å². The number of hydrogen-bond donors (Lipinski definition) is 0. The Kier molecular flexibility index (Phi) is 9.36. The fourth-order valence-corrected chi connectivity index (χ4v) is 10.9. The number of aryl methyl sites for hydroxylation is 2. The van der Waals surface area contributed by atoms with Gasteiger partial charge in [-0.2, -0.15) is 0 Å². The van der Waals surface area contributed by atoms with Crippen LogP contribution in [0.3, 0.4) is 0 Å². The quantitative estimate of drug-likeness (QED) is 0.174. The molecule has 0 radical (unpaired) electrons. The second-order valence-electron chi connectivity index (χ2n) is 22.3. The summed E-state index contributed by atoms with van der Waals surface area (Å²) in [5.41, 5.74) is 24.9. The van der Waals surface area contributed by atoms with Crippen LogP contribution >= 0.6 is 0 Å². The molecular weight excluding hydrogens is 761 g/mol. The van der Waals surface area contributed by atoms with Crippen LogP contribution in [-0.2, 0) is 21.7 Å². The summed E-state index contributed by atoms with van der Waals surface area (Å²) in [4.78, 5) is 5.29. The maximum atomic E-state index is 2.67. The first-order valence-corrected chi connectivity index (χ1v) is 23.3. The van der Waals surface area contributed by atoms with Gasteiger partial charge in [0.05, 0.1) is 28.4 Å². The van der Waals surface area contributed by atoms with E-state index in [0.717, 1.165) is 0 Å². The SMILES string of the molecule is Cc1cc2c3c(c1)N(c1ccc(C(C)(C)C)cc1-c1ccccc1)c1ccc(C(C)(C)C)cc1C3c1cc3c(cc1N2c1cc(-c2ccccc2)ccc1C)C(C)(C)CCC3(C)C. The molecule has 2 heterocycles. The van der Waals surface area contributed by atoms with Gasteiger partial charge in [0.1, 0.15) is 0 Å². The van der Waals surface area contributed by atoms with Crippen molar-refractivity contribution in [3.63, 3.8) is 0 Å². The van der Waals surface area contributed by atoms with Crippen molar-refractivity contribution in [1.29, 1.82) is 0 Å². The molecule has 0 fully saturated rings. The molecule has 1 unspecified atom stereocenters.